The Morgan fingerprint density at radius 3 is 2.00 bits per heavy atom. The molecule has 128 valence electrons. The third-order valence-electron chi connectivity index (χ3n) is 6.01. The number of ether oxygens (including phenoxy) is 1. The van der Waals surface area contributed by atoms with Gasteiger partial charge in [0.05, 0.1) is 0 Å². The number of hydrogen-bond acceptors (Lipinski definition) is 2. The molecule has 2 aliphatic carbocycles. The van der Waals surface area contributed by atoms with Crippen LogP contribution in [0.1, 0.15) is 97.3 Å². The van der Waals surface area contributed by atoms with E-state index in [0.717, 1.165) is 43.4 Å². The molecule has 0 spiro atoms. The van der Waals surface area contributed by atoms with Gasteiger partial charge in [0.15, 0.2) is 0 Å². The Kier molecular flexibility index (Phi) is 7.75. The lowest BCUT2D eigenvalue weighted by Crippen LogP contribution is -2.29. The highest BCUT2D eigenvalue weighted by Crippen LogP contribution is 2.41. The zero-order chi connectivity index (χ0) is 15.8. The van der Waals surface area contributed by atoms with E-state index in [4.69, 9.17) is 4.74 Å². The highest BCUT2D eigenvalue weighted by Gasteiger charge is 2.31. The first-order chi connectivity index (χ1) is 10.7. The lowest BCUT2D eigenvalue weighted by molar-refractivity contribution is -0.151. The number of hydrogen-bond donors (Lipinski definition) is 0. The summed E-state index contributed by atoms with van der Waals surface area (Å²) in [4.78, 5) is 11.7. The summed E-state index contributed by atoms with van der Waals surface area (Å²) < 4.78 is 5.64. The minimum atomic E-state index is 0.0328. The van der Waals surface area contributed by atoms with Gasteiger partial charge in [0, 0.05) is 6.42 Å². The van der Waals surface area contributed by atoms with Crippen LogP contribution < -0.4 is 0 Å². The summed E-state index contributed by atoms with van der Waals surface area (Å²) in [7, 11) is 0. The highest BCUT2D eigenvalue weighted by atomic mass is 16.5. The molecule has 0 bridgehead atoms. The van der Waals surface area contributed by atoms with Crippen molar-refractivity contribution >= 4 is 5.97 Å². The Bertz CT molecular complexity index is 310. The molecular weight excluding hydrogens is 272 g/mol. The third-order valence-corrected chi connectivity index (χ3v) is 6.01. The summed E-state index contributed by atoms with van der Waals surface area (Å²) in [5.74, 6) is 2.92. The normalized spacial score (nSPS) is 32.6. The van der Waals surface area contributed by atoms with E-state index in [9.17, 15) is 4.79 Å². The molecule has 0 radical (unpaired) electrons. The fourth-order valence-corrected chi connectivity index (χ4v) is 4.60. The number of carbonyl (C=O) groups is 1. The fraction of sp³-hybridized carbons (Fsp3) is 0.950. The number of unbranched alkanes of at least 4 members (excludes halogenated alkanes) is 1. The van der Waals surface area contributed by atoms with Crippen molar-refractivity contribution in [3.63, 3.8) is 0 Å². The summed E-state index contributed by atoms with van der Waals surface area (Å²) in [6.45, 7) is 4.43. The van der Waals surface area contributed by atoms with Gasteiger partial charge in [-0.05, 0) is 62.7 Å². The largest absolute Gasteiger partial charge is 0.462 e. The molecule has 0 aromatic heterocycles. The zero-order valence-electron chi connectivity index (χ0n) is 14.8. The maximum absolute atomic E-state index is 11.7. The van der Waals surface area contributed by atoms with E-state index < -0.39 is 0 Å². The van der Waals surface area contributed by atoms with Crippen LogP contribution in [0, 0.1) is 17.8 Å². The molecule has 2 saturated carbocycles. The summed E-state index contributed by atoms with van der Waals surface area (Å²) in [6, 6.07) is 0. The van der Waals surface area contributed by atoms with Gasteiger partial charge in [-0.3, -0.25) is 4.79 Å². The summed E-state index contributed by atoms with van der Waals surface area (Å²) in [6.07, 6.45) is 16.3. The molecule has 0 atom stereocenters. The Balaban J connectivity index is 1.64. The van der Waals surface area contributed by atoms with Crippen LogP contribution in [-0.2, 0) is 9.53 Å². The van der Waals surface area contributed by atoms with Crippen molar-refractivity contribution in [2.45, 2.75) is 103 Å². The molecule has 2 fully saturated rings. The van der Waals surface area contributed by atoms with Gasteiger partial charge in [-0.1, -0.05) is 46.0 Å². The van der Waals surface area contributed by atoms with E-state index in [-0.39, 0.29) is 12.1 Å². The molecule has 0 unspecified atom stereocenters. The number of esters is 1. The lowest BCUT2D eigenvalue weighted by Gasteiger charge is -2.37. The van der Waals surface area contributed by atoms with E-state index in [0.29, 0.717) is 6.42 Å². The Morgan fingerprint density at radius 1 is 0.864 bits per heavy atom. The van der Waals surface area contributed by atoms with E-state index in [1.165, 1.54) is 51.4 Å². The molecule has 2 rings (SSSR count). The molecule has 0 N–H and O–H groups in total. The second-order valence-corrected chi connectivity index (χ2v) is 7.70. The summed E-state index contributed by atoms with van der Waals surface area (Å²) >= 11 is 0. The second-order valence-electron chi connectivity index (χ2n) is 7.70. The maximum atomic E-state index is 11.7. The van der Waals surface area contributed by atoms with Gasteiger partial charge < -0.3 is 4.74 Å². The molecule has 0 amide bonds. The van der Waals surface area contributed by atoms with Crippen molar-refractivity contribution in [3.8, 4) is 0 Å². The first kappa shape index (κ1) is 17.8. The number of carbonyl (C=O) groups excluding carboxylic acids is 1. The van der Waals surface area contributed by atoms with Gasteiger partial charge in [0.2, 0.25) is 0 Å². The molecule has 2 heteroatoms. The third kappa shape index (κ3) is 5.59. The molecule has 0 aliphatic heterocycles. The predicted molar refractivity (Wildman–Crippen MR) is 91.7 cm³/mol. The first-order valence-corrected chi connectivity index (χ1v) is 9.92. The van der Waals surface area contributed by atoms with Crippen LogP contribution in [0.2, 0.25) is 0 Å². The molecule has 2 aliphatic rings. The average molecular weight is 309 g/mol. The van der Waals surface area contributed by atoms with Crippen molar-refractivity contribution in [2.75, 3.05) is 0 Å². The molecule has 0 saturated heterocycles. The predicted octanol–water partition coefficient (Wildman–Crippen LogP) is 5.89. The topological polar surface area (TPSA) is 26.3 Å². The Morgan fingerprint density at radius 2 is 1.45 bits per heavy atom. The van der Waals surface area contributed by atoms with Crippen molar-refractivity contribution in [1.82, 2.24) is 0 Å². The SMILES string of the molecule is CCCCC(=O)O[C@H]1CC[C@H](C2CCC(CCC)CC2)CC1. The van der Waals surface area contributed by atoms with Crippen LogP contribution in [0.4, 0.5) is 0 Å². The van der Waals surface area contributed by atoms with Crippen molar-refractivity contribution in [1.29, 1.82) is 0 Å². The van der Waals surface area contributed by atoms with Gasteiger partial charge in [-0.15, -0.1) is 0 Å². The molecular formula is C20H36O2. The minimum absolute atomic E-state index is 0.0328. The van der Waals surface area contributed by atoms with Crippen LogP contribution in [0.15, 0.2) is 0 Å². The zero-order valence-corrected chi connectivity index (χ0v) is 14.8. The quantitative estimate of drug-likeness (QED) is 0.548. The number of rotatable bonds is 7. The second kappa shape index (κ2) is 9.57. The Labute approximate surface area is 137 Å². The molecule has 2 nitrogen and oxygen atoms in total. The van der Waals surface area contributed by atoms with Crippen molar-refractivity contribution in [2.24, 2.45) is 17.8 Å². The first-order valence-electron chi connectivity index (χ1n) is 9.92. The van der Waals surface area contributed by atoms with Crippen LogP contribution in [-0.4, -0.2) is 12.1 Å². The van der Waals surface area contributed by atoms with Gasteiger partial charge in [-0.2, -0.15) is 0 Å². The fourth-order valence-electron chi connectivity index (χ4n) is 4.60. The van der Waals surface area contributed by atoms with Crippen LogP contribution >= 0.6 is 0 Å². The molecule has 0 aromatic rings. The van der Waals surface area contributed by atoms with E-state index >= 15 is 0 Å². The van der Waals surface area contributed by atoms with E-state index in [1.54, 1.807) is 0 Å². The van der Waals surface area contributed by atoms with Crippen LogP contribution in [0.3, 0.4) is 0 Å². The summed E-state index contributed by atoms with van der Waals surface area (Å²) in [5.41, 5.74) is 0. The Hall–Kier alpha value is -0.530. The monoisotopic (exact) mass is 308 g/mol. The summed E-state index contributed by atoms with van der Waals surface area (Å²) in [5, 5.41) is 0. The smallest absolute Gasteiger partial charge is 0.306 e. The van der Waals surface area contributed by atoms with Gasteiger partial charge in [-0.25, -0.2) is 0 Å². The maximum Gasteiger partial charge on any atom is 0.306 e. The minimum Gasteiger partial charge on any atom is -0.462 e. The standard InChI is InChI=1S/C20H36O2/c1-3-5-7-20(21)22-19-14-12-18(13-15-19)17-10-8-16(6-4-2)9-11-17/h16-19H,3-15H2,1-2H3/t16?,17?,18-,19-. The van der Waals surface area contributed by atoms with Gasteiger partial charge >= 0.3 is 5.97 Å². The van der Waals surface area contributed by atoms with Crippen LogP contribution in [0.5, 0.6) is 0 Å². The van der Waals surface area contributed by atoms with E-state index in [1.807, 2.05) is 0 Å². The molecule has 22 heavy (non-hydrogen) atoms. The van der Waals surface area contributed by atoms with Crippen molar-refractivity contribution in [3.05, 3.63) is 0 Å². The molecule has 0 heterocycles. The van der Waals surface area contributed by atoms with Gasteiger partial charge in [0.1, 0.15) is 6.10 Å². The van der Waals surface area contributed by atoms with Crippen LogP contribution in [0.25, 0.3) is 0 Å². The lowest BCUT2D eigenvalue weighted by atomic mass is 9.70. The average Bonchev–Trinajstić information content (AvgIpc) is 2.55. The van der Waals surface area contributed by atoms with Crippen molar-refractivity contribution < 1.29 is 9.53 Å². The molecule has 0 aromatic carbocycles. The van der Waals surface area contributed by atoms with E-state index in [2.05, 4.69) is 13.8 Å². The van der Waals surface area contributed by atoms with Gasteiger partial charge in [0.25, 0.3) is 0 Å². The highest BCUT2D eigenvalue weighted by molar-refractivity contribution is 5.69.